The fourth-order valence-electron chi connectivity index (χ4n) is 1.37. The Morgan fingerprint density at radius 3 is 2.78 bits per heavy atom. The molecule has 3 N–H and O–H groups in total. The highest BCUT2D eigenvalue weighted by Gasteiger charge is 2.16. The number of nitrogens with one attached hydrogen (secondary N) is 2. The van der Waals surface area contributed by atoms with E-state index in [1.165, 1.54) is 0 Å². The Balaban J connectivity index is 2.29. The van der Waals surface area contributed by atoms with Gasteiger partial charge in [0.1, 0.15) is 18.2 Å². The molecule has 8 nitrogen and oxygen atoms in total. The lowest BCUT2D eigenvalue weighted by atomic mass is 10.2. The number of carboxylic acid groups (broad SMARTS) is 1. The van der Waals surface area contributed by atoms with Crippen LogP contribution in [0.1, 0.15) is 19.2 Å². The molecule has 1 heterocycles. The summed E-state index contributed by atoms with van der Waals surface area (Å²) in [6.07, 6.45) is 2.45. The highest BCUT2D eigenvalue weighted by Crippen LogP contribution is 1.92. The first-order chi connectivity index (χ1) is 8.54. The molecule has 0 radical (unpaired) electrons. The van der Waals surface area contributed by atoms with E-state index in [0.29, 0.717) is 19.4 Å². The summed E-state index contributed by atoms with van der Waals surface area (Å²) in [5.74, 6) is -0.290. The van der Waals surface area contributed by atoms with E-state index in [9.17, 15) is 9.59 Å². The van der Waals surface area contributed by atoms with E-state index < -0.39 is 18.0 Å². The molecule has 0 saturated heterocycles. The molecule has 2 amide bonds. The molecule has 0 bridgehead atoms. The van der Waals surface area contributed by atoms with Crippen LogP contribution in [0.15, 0.2) is 6.33 Å². The molecule has 1 aromatic rings. The molecular formula is C10H17N5O3. The predicted molar refractivity (Wildman–Crippen MR) is 63.0 cm³/mol. The molecule has 0 aliphatic rings. The zero-order chi connectivity index (χ0) is 13.5. The van der Waals surface area contributed by atoms with Gasteiger partial charge in [-0.05, 0) is 6.42 Å². The van der Waals surface area contributed by atoms with Gasteiger partial charge >= 0.3 is 12.0 Å². The number of amides is 2. The Morgan fingerprint density at radius 1 is 1.56 bits per heavy atom. The number of carbonyl (C=O) groups is 2. The van der Waals surface area contributed by atoms with Gasteiger partial charge in [0, 0.05) is 20.0 Å². The molecule has 0 aliphatic carbocycles. The Kier molecular flexibility index (Phi) is 5.09. The first kappa shape index (κ1) is 13.9. The number of aromatic nitrogens is 3. The largest absolute Gasteiger partial charge is 0.480 e. The number of hydrogen-bond donors (Lipinski definition) is 3. The monoisotopic (exact) mass is 255 g/mol. The number of carboxylic acids is 1. The lowest BCUT2D eigenvalue weighted by Gasteiger charge is -2.12. The molecule has 100 valence electrons. The highest BCUT2D eigenvalue weighted by atomic mass is 16.4. The number of hydrogen-bond acceptors (Lipinski definition) is 4. The second-order valence-electron chi connectivity index (χ2n) is 3.81. The molecule has 8 heteroatoms. The topological polar surface area (TPSA) is 109 Å². The number of carbonyl (C=O) groups excluding carboxylic acids is 1. The molecule has 0 saturated carbocycles. The zero-order valence-electron chi connectivity index (χ0n) is 10.4. The summed E-state index contributed by atoms with van der Waals surface area (Å²) in [6, 6.07) is -1.36. The van der Waals surface area contributed by atoms with Crippen LogP contribution < -0.4 is 10.6 Å². The van der Waals surface area contributed by atoms with Crippen LogP contribution in [-0.2, 0) is 18.3 Å². The molecule has 0 fully saturated rings. The van der Waals surface area contributed by atoms with Crippen LogP contribution in [0.3, 0.4) is 0 Å². The third-order valence-corrected chi connectivity index (χ3v) is 2.45. The predicted octanol–water partition coefficient (Wildman–Crippen LogP) is -0.480. The first-order valence-corrected chi connectivity index (χ1v) is 5.64. The summed E-state index contributed by atoms with van der Waals surface area (Å²) in [5.41, 5.74) is 0. The molecule has 1 unspecified atom stereocenters. The minimum absolute atomic E-state index is 0.339. The van der Waals surface area contributed by atoms with Crippen molar-refractivity contribution in [1.29, 1.82) is 0 Å². The van der Waals surface area contributed by atoms with Crippen LogP contribution in [0.2, 0.25) is 0 Å². The van der Waals surface area contributed by atoms with Gasteiger partial charge in [-0.15, -0.1) is 10.2 Å². The Labute approximate surface area is 104 Å². The average molecular weight is 255 g/mol. The maximum atomic E-state index is 11.4. The van der Waals surface area contributed by atoms with Gasteiger partial charge in [0.15, 0.2) is 0 Å². The SMILES string of the molecule is CCC(NC(=O)NCCc1nncn1C)C(=O)O. The fraction of sp³-hybridized carbons (Fsp3) is 0.600. The van der Waals surface area contributed by atoms with Crippen LogP contribution in [0.4, 0.5) is 4.79 Å². The van der Waals surface area contributed by atoms with Crippen LogP contribution in [0.25, 0.3) is 0 Å². The summed E-state index contributed by atoms with van der Waals surface area (Å²) >= 11 is 0. The normalized spacial score (nSPS) is 11.9. The molecular weight excluding hydrogens is 238 g/mol. The molecule has 1 atom stereocenters. The van der Waals surface area contributed by atoms with E-state index in [1.807, 2.05) is 7.05 Å². The summed E-state index contributed by atoms with van der Waals surface area (Å²) in [4.78, 5) is 22.1. The van der Waals surface area contributed by atoms with E-state index in [1.54, 1.807) is 17.8 Å². The Hall–Kier alpha value is -2.12. The van der Waals surface area contributed by atoms with Gasteiger partial charge in [-0.25, -0.2) is 9.59 Å². The summed E-state index contributed by atoms with van der Waals surface area (Å²) in [6.45, 7) is 2.06. The summed E-state index contributed by atoms with van der Waals surface area (Å²) in [7, 11) is 1.81. The van der Waals surface area contributed by atoms with Crippen LogP contribution in [-0.4, -0.2) is 44.5 Å². The van der Waals surface area contributed by atoms with Crippen LogP contribution in [0.5, 0.6) is 0 Å². The Morgan fingerprint density at radius 2 is 2.28 bits per heavy atom. The van der Waals surface area contributed by atoms with Crippen molar-refractivity contribution >= 4 is 12.0 Å². The smallest absolute Gasteiger partial charge is 0.326 e. The first-order valence-electron chi connectivity index (χ1n) is 5.64. The summed E-state index contributed by atoms with van der Waals surface area (Å²) < 4.78 is 1.76. The quantitative estimate of drug-likeness (QED) is 0.636. The zero-order valence-corrected chi connectivity index (χ0v) is 10.4. The standard InChI is InChI=1S/C10H17N5O3/c1-3-7(9(16)17)13-10(18)11-5-4-8-14-12-6-15(8)2/h6-7H,3-5H2,1-2H3,(H,16,17)(H2,11,13,18). The van der Waals surface area contributed by atoms with E-state index in [2.05, 4.69) is 20.8 Å². The highest BCUT2D eigenvalue weighted by molar-refractivity contribution is 5.82. The molecule has 0 aliphatic heterocycles. The van der Waals surface area contributed by atoms with Gasteiger partial charge < -0.3 is 20.3 Å². The number of aliphatic carboxylic acids is 1. The van der Waals surface area contributed by atoms with Crippen molar-refractivity contribution in [2.75, 3.05) is 6.54 Å². The van der Waals surface area contributed by atoms with E-state index in [-0.39, 0.29) is 0 Å². The molecule has 0 spiro atoms. The van der Waals surface area contributed by atoms with Crippen molar-refractivity contribution < 1.29 is 14.7 Å². The molecule has 1 rings (SSSR count). The molecule has 1 aromatic heterocycles. The van der Waals surface area contributed by atoms with Gasteiger partial charge in [-0.2, -0.15) is 0 Å². The molecule has 18 heavy (non-hydrogen) atoms. The van der Waals surface area contributed by atoms with Crippen molar-refractivity contribution in [2.45, 2.75) is 25.8 Å². The second-order valence-corrected chi connectivity index (χ2v) is 3.81. The third-order valence-electron chi connectivity index (χ3n) is 2.45. The minimum atomic E-state index is -1.04. The van der Waals surface area contributed by atoms with Crippen LogP contribution >= 0.6 is 0 Å². The van der Waals surface area contributed by atoms with Crippen molar-refractivity contribution in [3.8, 4) is 0 Å². The van der Waals surface area contributed by atoms with Crippen molar-refractivity contribution in [1.82, 2.24) is 25.4 Å². The number of nitrogens with zero attached hydrogens (tertiary/aromatic N) is 3. The van der Waals surface area contributed by atoms with Gasteiger partial charge in [-0.1, -0.05) is 6.92 Å². The van der Waals surface area contributed by atoms with E-state index in [4.69, 9.17) is 5.11 Å². The molecule has 0 aromatic carbocycles. The van der Waals surface area contributed by atoms with Crippen molar-refractivity contribution in [3.05, 3.63) is 12.2 Å². The fourth-order valence-corrected chi connectivity index (χ4v) is 1.37. The maximum Gasteiger partial charge on any atom is 0.326 e. The van der Waals surface area contributed by atoms with Gasteiger partial charge in [0.05, 0.1) is 0 Å². The second kappa shape index (κ2) is 6.58. The third kappa shape index (κ3) is 4.04. The lowest BCUT2D eigenvalue weighted by Crippen LogP contribution is -2.46. The van der Waals surface area contributed by atoms with Crippen LogP contribution in [0, 0.1) is 0 Å². The number of rotatable bonds is 6. The van der Waals surface area contributed by atoms with E-state index >= 15 is 0 Å². The summed E-state index contributed by atoms with van der Waals surface area (Å²) in [5, 5.41) is 21.3. The van der Waals surface area contributed by atoms with E-state index in [0.717, 1.165) is 5.82 Å². The van der Waals surface area contributed by atoms with Gasteiger partial charge in [-0.3, -0.25) is 0 Å². The van der Waals surface area contributed by atoms with Gasteiger partial charge in [0.25, 0.3) is 0 Å². The Bertz CT molecular complexity index is 417. The van der Waals surface area contributed by atoms with Gasteiger partial charge in [0.2, 0.25) is 0 Å². The maximum absolute atomic E-state index is 11.4. The van der Waals surface area contributed by atoms with Crippen molar-refractivity contribution in [2.24, 2.45) is 7.05 Å². The number of urea groups is 1. The minimum Gasteiger partial charge on any atom is -0.480 e. The number of aryl methyl sites for hydroxylation is 1. The van der Waals surface area contributed by atoms with Crippen molar-refractivity contribution in [3.63, 3.8) is 0 Å². The lowest BCUT2D eigenvalue weighted by molar-refractivity contribution is -0.139. The average Bonchev–Trinajstić information content (AvgIpc) is 2.71.